The van der Waals surface area contributed by atoms with Gasteiger partial charge in [0.2, 0.25) is 0 Å². The Balaban J connectivity index is 1.32. The maximum Gasteiger partial charge on any atom is 0.267 e. The minimum absolute atomic E-state index is 0.0680. The first kappa shape index (κ1) is 16.2. The maximum atomic E-state index is 12.5. The molecule has 26 heavy (non-hydrogen) atoms. The van der Waals surface area contributed by atoms with Gasteiger partial charge in [0.05, 0.1) is 17.9 Å². The molecule has 138 valence electrons. The van der Waals surface area contributed by atoms with Crippen LogP contribution in [0, 0.1) is 0 Å². The summed E-state index contributed by atoms with van der Waals surface area (Å²) in [5, 5.41) is 9.48. The van der Waals surface area contributed by atoms with E-state index in [2.05, 4.69) is 15.6 Å². The van der Waals surface area contributed by atoms with Gasteiger partial charge in [0.1, 0.15) is 0 Å². The second-order valence-corrected chi connectivity index (χ2v) is 8.06. The van der Waals surface area contributed by atoms with Gasteiger partial charge in [-0.3, -0.25) is 14.4 Å². The molecular weight excluding hydrogens is 326 g/mol. The molecule has 3 aliphatic rings. The van der Waals surface area contributed by atoms with Gasteiger partial charge >= 0.3 is 0 Å². The summed E-state index contributed by atoms with van der Waals surface area (Å²) in [4.78, 5) is 15.0. The Morgan fingerprint density at radius 2 is 1.92 bits per heavy atom. The van der Waals surface area contributed by atoms with E-state index in [-0.39, 0.29) is 5.56 Å². The third kappa shape index (κ3) is 3.00. The molecule has 0 spiro atoms. The van der Waals surface area contributed by atoms with Gasteiger partial charge in [-0.05, 0) is 69.5 Å². The Morgan fingerprint density at radius 1 is 1.00 bits per heavy atom. The van der Waals surface area contributed by atoms with E-state index in [1.165, 1.54) is 42.6 Å². The second-order valence-electron chi connectivity index (χ2n) is 8.06. The first-order valence-electron chi connectivity index (χ1n) is 10.2. The first-order valence-corrected chi connectivity index (χ1v) is 10.2. The molecule has 0 N–H and O–H groups in total. The minimum atomic E-state index is 0.0680. The standard InChI is InChI=1S/C20H27N5O/c26-20-11-15-5-1-2-8-19(15)22-25(20)14-18-7-3-9-23(18)13-16-12-17-6-4-10-24(17)21-16/h11-12,18H,1-10,13-14H2. The lowest BCUT2D eigenvalue weighted by atomic mass is 9.97. The Bertz CT molecular complexity index is 846. The molecule has 2 aliphatic heterocycles. The summed E-state index contributed by atoms with van der Waals surface area (Å²) in [5.74, 6) is 0. The Kier molecular flexibility index (Phi) is 4.15. The molecule has 2 aromatic rings. The Labute approximate surface area is 153 Å². The number of aromatic nitrogens is 4. The van der Waals surface area contributed by atoms with Gasteiger partial charge in [0, 0.05) is 30.9 Å². The normalized spacial score (nSPS) is 22.5. The van der Waals surface area contributed by atoms with Gasteiger partial charge in [0.15, 0.2) is 0 Å². The van der Waals surface area contributed by atoms with Crippen molar-refractivity contribution in [1.29, 1.82) is 0 Å². The van der Waals surface area contributed by atoms with E-state index in [0.717, 1.165) is 51.0 Å². The monoisotopic (exact) mass is 353 g/mol. The summed E-state index contributed by atoms with van der Waals surface area (Å²) < 4.78 is 3.89. The lowest BCUT2D eigenvalue weighted by molar-refractivity contribution is 0.213. The molecule has 6 heteroatoms. The summed E-state index contributed by atoms with van der Waals surface area (Å²) in [6, 6.07) is 4.49. The van der Waals surface area contributed by atoms with Gasteiger partial charge in [-0.15, -0.1) is 0 Å². The molecule has 0 saturated carbocycles. The van der Waals surface area contributed by atoms with E-state index in [0.29, 0.717) is 12.6 Å². The Morgan fingerprint density at radius 3 is 2.85 bits per heavy atom. The number of aryl methyl sites for hydroxylation is 4. The second kappa shape index (κ2) is 6.65. The van der Waals surface area contributed by atoms with E-state index < -0.39 is 0 Å². The first-order chi connectivity index (χ1) is 12.8. The smallest absolute Gasteiger partial charge is 0.267 e. The highest BCUT2D eigenvalue weighted by molar-refractivity contribution is 5.20. The number of hydrogen-bond donors (Lipinski definition) is 0. The van der Waals surface area contributed by atoms with Crippen molar-refractivity contribution < 1.29 is 0 Å². The van der Waals surface area contributed by atoms with Crippen molar-refractivity contribution in [2.75, 3.05) is 6.54 Å². The van der Waals surface area contributed by atoms with Gasteiger partial charge < -0.3 is 0 Å². The number of rotatable bonds is 4. The fourth-order valence-electron chi connectivity index (χ4n) is 4.85. The summed E-state index contributed by atoms with van der Waals surface area (Å²) in [6.07, 6.45) is 9.12. The lowest BCUT2D eigenvalue weighted by Crippen LogP contribution is -2.37. The Hall–Kier alpha value is -1.95. The van der Waals surface area contributed by atoms with E-state index in [1.807, 2.05) is 6.07 Å². The van der Waals surface area contributed by atoms with Crippen LogP contribution in [0.3, 0.4) is 0 Å². The van der Waals surface area contributed by atoms with Crippen molar-refractivity contribution in [2.45, 2.75) is 77.0 Å². The molecule has 0 amide bonds. The van der Waals surface area contributed by atoms with Crippen molar-refractivity contribution in [3.05, 3.63) is 45.1 Å². The van der Waals surface area contributed by atoms with Gasteiger partial charge in [0.25, 0.3) is 5.56 Å². The van der Waals surface area contributed by atoms with Gasteiger partial charge in [-0.25, -0.2) is 4.68 Å². The van der Waals surface area contributed by atoms with Crippen LogP contribution in [0.5, 0.6) is 0 Å². The number of fused-ring (bicyclic) bond motifs is 2. The quantitative estimate of drug-likeness (QED) is 0.843. The molecule has 0 bridgehead atoms. The zero-order valence-corrected chi connectivity index (χ0v) is 15.4. The summed E-state index contributed by atoms with van der Waals surface area (Å²) in [6.45, 7) is 3.75. The predicted octanol–water partition coefficient (Wildman–Crippen LogP) is 1.93. The zero-order valence-electron chi connectivity index (χ0n) is 15.4. The van der Waals surface area contributed by atoms with Crippen molar-refractivity contribution in [3.8, 4) is 0 Å². The molecule has 1 saturated heterocycles. The highest BCUT2D eigenvalue weighted by Gasteiger charge is 2.27. The zero-order chi connectivity index (χ0) is 17.5. The van der Waals surface area contributed by atoms with Crippen LogP contribution in [0.4, 0.5) is 0 Å². The molecule has 0 aromatic carbocycles. The average Bonchev–Trinajstić information content (AvgIpc) is 3.33. The highest BCUT2D eigenvalue weighted by Crippen LogP contribution is 2.23. The van der Waals surface area contributed by atoms with E-state index in [9.17, 15) is 4.79 Å². The number of nitrogens with zero attached hydrogens (tertiary/aromatic N) is 5. The summed E-state index contributed by atoms with van der Waals surface area (Å²) in [5.41, 5.74) is 4.94. The van der Waals surface area contributed by atoms with E-state index in [4.69, 9.17) is 10.2 Å². The molecule has 6 nitrogen and oxygen atoms in total. The molecule has 5 rings (SSSR count). The molecule has 4 heterocycles. The molecule has 0 radical (unpaired) electrons. The largest absolute Gasteiger partial charge is 0.293 e. The van der Waals surface area contributed by atoms with Crippen molar-refractivity contribution in [1.82, 2.24) is 24.5 Å². The van der Waals surface area contributed by atoms with Crippen molar-refractivity contribution in [2.24, 2.45) is 0 Å². The molecule has 1 fully saturated rings. The number of hydrogen-bond acceptors (Lipinski definition) is 4. The van der Waals surface area contributed by atoms with E-state index >= 15 is 0 Å². The minimum Gasteiger partial charge on any atom is -0.293 e. The van der Waals surface area contributed by atoms with Crippen LogP contribution >= 0.6 is 0 Å². The molecular formula is C20H27N5O. The van der Waals surface area contributed by atoms with Crippen LogP contribution in [0.25, 0.3) is 0 Å². The maximum absolute atomic E-state index is 12.5. The molecule has 1 atom stereocenters. The van der Waals surface area contributed by atoms with Crippen LogP contribution < -0.4 is 5.56 Å². The van der Waals surface area contributed by atoms with Crippen LogP contribution in [0.2, 0.25) is 0 Å². The van der Waals surface area contributed by atoms with Crippen LogP contribution in [0.1, 0.15) is 54.7 Å². The van der Waals surface area contributed by atoms with Crippen LogP contribution in [-0.4, -0.2) is 37.0 Å². The van der Waals surface area contributed by atoms with E-state index in [1.54, 1.807) is 4.68 Å². The van der Waals surface area contributed by atoms with Crippen LogP contribution in [0.15, 0.2) is 16.9 Å². The summed E-state index contributed by atoms with van der Waals surface area (Å²) in [7, 11) is 0. The number of likely N-dealkylation sites (tertiary alicyclic amines) is 1. The highest BCUT2D eigenvalue weighted by atomic mass is 16.1. The topological polar surface area (TPSA) is 56.0 Å². The van der Waals surface area contributed by atoms with Gasteiger partial charge in [-0.2, -0.15) is 10.2 Å². The summed E-state index contributed by atoms with van der Waals surface area (Å²) >= 11 is 0. The predicted molar refractivity (Wildman–Crippen MR) is 99.1 cm³/mol. The molecule has 1 aliphatic carbocycles. The molecule has 2 aromatic heterocycles. The average molecular weight is 353 g/mol. The van der Waals surface area contributed by atoms with Crippen molar-refractivity contribution >= 4 is 0 Å². The fourth-order valence-corrected chi connectivity index (χ4v) is 4.85. The van der Waals surface area contributed by atoms with Crippen LogP contribution in [-0.2, 0) is 38.9 Å². The lowest BCUT2D eigenvalue weighted by Gasteiger charge is -2.24. The molecule has 1 unspecified atom stereocenters. The fraction of sp³-hybridized carbons (Fsp3) is 0.650. The SMILES string of the molecule is O=c1cc2c(nn1CC1CCCN1Cc1cc3n(n1)CCC3)CCCC2. The van der Waals surface area contributed by atoms with Crippen molar-refractivity contribution in [3.63, 3.8) is 0 Å². The third-order valence-electron chi connectivity index (χ3n) is 6.24. The third-order valence-corrected chi connectivity index (χ3v) is 6.24. The van der Waals surface area contributed by atoms with Gasteiger partial charge in [-0.1, -0.05) is 0 Å².